The summed E-state index contributed by atoms with van der Waals surface area (Å²) in [5.74, 6) is -1.04. The van der Waals surface area contributed by atoms with Crippen molar-refractivity contribution in [3.8, 4) is 0 Å². The maximum atomic E-state index is 12.1. The fraction of sp³-hybridized carbons (Fsp3) is 0.235. The first-order chi connectivity index (χ1) is 10.4. The highest BCUT2D eigenvalue weighted by molar-refractivity contribution is 6.02. The molecule has 5 heteroatoms. The minimum Gasteiger partial charge on any atom is -0.453 e. The summed E-state index contributed by atoms with van der Waals surface area (Å²) in [7, 11) is 0. The number of aryl methyl sites for hydroxylation is 1. The number of ether oxygens (including phenoxy) is 1. The van der Waals surface area contributed by atoms with Gasteiger partial charge in [-0.2, -0.15) is 0 Å². The molecule has 0 bridgehead atoms. The van der Waals surface area contributed by atoms with E-state index in [1.165, 1.54) is 6.92 Å². The van der Waals surface area contributed by atoms with Crippen LogP contribution in [-0.2, 0) is 4.74 Å². The van der Waals surface area contributed by atoms with Gasteiger partial charge in [-0.25, -0.2) is 4.79 Å². The predicted octanol–water partition coefficient (Wildman–Crippen LogP) is 2.87. The summed E-state index contributed by atoms with van der Waals surface area (Å²) in [4.78, 5) is 38.4. The maximum Gasteiger partial charge on any atom is 0.355 e. The predicted molar refractivity (Wildman–Crippen MR) is 81.3 cm³/mol. The van der Waals surface area contributed by atoms with Crippen molar-refractivity contribution in [3.63, 3.8) is 0 Å². The van der Waals surface area contributed by atoms with Gasteiger partial charge in [-0.3, -0.25) is 9.59 Å². The lowest BCUT2D eigenvalue weighted by atomic mass is 10.1. The Morgan fingerprint density at radius 1 is 1.09 bits per heavy atom. The molecular formula is C17H17NO4. The molecule has 0 aliphatic heterocycles. The molecule has 1 aromatic heterocycles. The monoisotopic (exact) mass is 299 g/mol. The molecule has 1 aromatic carbocycles. The summed E-state index contributed by atoms with van der Waals surface area (Å²) >= 11 is 0. The number of rotatable bonds is 5. The molecule has 1 heterocycles. The molecule has 0 fully saturated rings. The normalized spacial score (nSPS) is 10.3. The summed E-state index contributed by atoms with van der Waals surface area (Å²) in [6, 6.07) is 8.61. The molecule has 0 atom stereocenters. The Morgan fingerprint density at radius 2 is 1.73 bits per heavy atom. The van der Waals surface area contributed by atoms with E-state index in [2.05, 4.69) is 4.98 Å². The fourth-order valence-electron chi connectivity index (χ4n) is 2.39. The molecule has 22 heavy (non-hydrogen) atoms. The van der Waals surface area contributed by atoms with Crippen molar-refractivity contribution in [2.45, 2.75) is 20.8 Å². The molecule has 0 spiro atoms. The largest absolute Gasteiger partial charge is 0.453 e. The van der Waals surface area contributed by atoms with Gasteiger partial charge in [0.2, 0.25) is 0 Å². The highest BCUT2D eigenvalue weighted by Gasteiger charge is 2.21. The molecule has 0 saturated carbocycles. The van der Waals surface area contributed by atoms with Gasteiger partial charge in [-0.1, -0.05) is 30.3 Å². The quantitative estimate of drug-likeness (QED) is 0.680. The zero-order valence-electron chi connectivity index (χ0n) is 12.7. The van der Waals surface area contributed by atoms with Crippen molar-refractivity contribution in [1.82, 2.24) is 4.98 Å². The fourth-order valence-corrected chi connectivity index (χ4v) is 2.39. The summed E-state index contributed by atoms with van der Waals surface area (Å²) in [5, 5.41) is 0. The third-order valence-electron chi connectivity index (χ3n) is 3.42. The Labute approximate surface area is 128 Å². The van der Waals surface area contributed by atoms with Gasteiger partial charge in [-0.05, 0) is 26.3 Å². The van der Waals surface area contributed by atoms with Gasteiger partial charge < -0.3 is 9.72 Å². The molecule has 5 nitrogen and oxygen atoms in total. The van der Waals surface area contributed by atoms with Crippen LogP contribution < -0.4 is 0 Å². The Morgan fingerprint density at radius 3 is 2.27 bits per heavy atom. The van der Waals surface area contributed by atoms with E-state index in [1.54, 1.807) is 44.2 Å². The number of aromatic nitrogens is 1. The standard InChI is InChI=1S/C17H17NO4/c1-10-15(12(3)19)11(2)18-16(10)17(21)22-9-14(20)13-7-5-4-6-8-13/h4-8,18H,9H2,1-3H3. The number of H-pyrrole nitrogens is 1. The molecule has 0 saturated heterocycles. The van der Waals surface area contributed by atoms with Crippen LogP contribution in [0.15, 0.2) is 30.3 Å². The SMILES string of the molecule is CC(=O)c1c(C)[nH]c(C(=O)OCC(=O)c2ccccc2)c1C. The van der Waals surface area contributed by atoms with Gasteiger partial charge in [0.05, 0.1) is 0 Å². The number of nitrogens with one attached hydrogen (secondary N) is 1. The molecule has 0 aliphatic carbocycles. The smallest absolute Gasteiger partial charge is 0.355 e. The first-order valence-corrected chi connectivity index (χ1v) is 6.87. The van der Waals surface area contributed by atoms with E-state index < -0.39 is 5.97 Å². The van der Waals surface area contributed by atoms with Crippen molar-refractivity contribution in [2.24, 2.45) is 0 Å². The maximum absolute atomic E-state index is 12.1. The number of carbonyl (C=O) groups excluding carboxylic acids is 3. The van der Waals surface area contributed by atoms with Gasteiger partial charge in [0.25, 0.3) is 0 Å². The number of hydrogen-bond acceptors (Lipinski definition) is 4. The molecule has 0 unspecified atom stereocenters. The van der Waals surface area contributed by atoms with Crippen LogP contribution in [0.25, 0.3) is 0 Å². The lowest BCUT2D eigenvalue weighted by molar-refractivity contribution is 0.0468. The Balaban J connectivity index is 2.09. The second-order valence-electron chi connectivity index (χ2n) is 5.05. The van der Waals surface area contributed by atoms with Crippen LogP contribution >= 0.6 is 0 Å². The van der Waals surface area contributed by atoms with E-state index in [4.69, 9.17) is 4.74 Å². The average Bonchev–Trinajstić information content (AvgIpc) is 2.80. The number of hydrogen-bond donors (Lipinski definition) is 1. The first kappa shape index (κ1) is 15.7. The molecule has 2 aromatic rings. The zero-order chi connectivity index (χ0) is 16.3. The van der Waals surface area contributed by atoms with Gasteiger partial charge in [0.15, 0.2) is 18.2 Å². The number of ketones is 2. The highest BCUT2D eigenvalue weighted by atomic mass is 16.5. The van der Waals surface area contributed by atoms with Crippen LogP contribution in [0, 0.1) is 13.8 Å². The number of benzene rings is 1. The minimum atomic E-state index is -0.641. The van der Waals surface area contributed by atoms with Crippen molar-refractivity contribution < 1.29 is 19.1 Å². The highest BCUT2D eigenvalue weighted by Crippen LogP contribution is 2.19. The summed E-state index contributed by atoms with van der Waals surface area (Å²) in [6.45, 7) is 4.50. The third kappa shape index (κ3) is 3.14. The zero-order valence-corrected chi connectivity index (χ0v) is 12.7. The van der Waals surface area contributed by atoms with Gasteiger partial charge in [0, 0.05) is 16.8 Å². The van der Waals surface area contributed by atoms with E-state index in [0.717, 1.165) is 0 Å². The lowest BCUT2D eigenvalue weighted by Gasteiger charge is -2.04. The summed E-state index contributed by atoms with van der Waals surface area (Å²) in [6.07, 6.45) is 0. The Hall–Kier alpha value is -2.69. The number of Topliss-reactive ketones (excluding diaryl/α,β-unsaturated/α-hetero) is 2. The van der Waals surface area contributed by atoms with E-state index in [0.29, 0.717) is 22.4 Å². The number of esters is 1. The van der Waals surface area contributed by atoms with Gasteiger partial charge in [-0.15, -0.1) is 0 Å². The van der Waals surface area contributed by atoms with E-state index in [-0.39, 0.29) is 23.9 Å². The second kappa shape index (κ2) is 6.39. The van der Waals surface area contributed by atoms with Crippen LogP contribution in [0.5, 0.6) is 0 Å². The first-order valence-electron chi connectivity index (χ1n) is 6.87. The summed E-state index contributed by atoms with van der Waals surface area (Å²) < 4.78 is 5.04. The second-order valence-corrected chi connectivity index (χ2v) is 5.05. The van der Waals surface area contributed by atoms with Crippen molar-refractivity contribution >= 4 is 17.5 Å². The van der Waals surface area contributed by atoms with E-state index >= 15 is 0 Å². The number of aromatic amines is 1. The minimum absolute atomic E-state index is 0.120. The van der Waals surface area contributed by atoms with Crippen molar-refractivity contribution in [1.29, 1.82) is 0 Å². The molecular weight excluding hydrogens is 282 g/mol. The average molecular weight is 299 g/mol. The van der Waals surface area contributed by atoms with Gasteiger partial charge in [0.1, 0.15) is 5.69 Å². The molecule has 2 rings (SSSR count). The van der Waals surface area contributed by atoms with Crippen molar-refractivity contribution in [3.05, 3.63) is 58.4 Å². The van der Waals surface area contributed by atoms with Crippen molar-refractivity contribution in [2.75, 3.05) is 6.61 Å². The molecule has 0 aliphatic rings. The Kier molecular flexibility index (Phi) is 4.56. The van der Waals surface area contributed by atoms with E-state index in [1.807, 2.05) is 0 Å². The van der Waals surface area contributed by atoms with Gasteiger partial charge >= 0.3 is 5.97 Å². The summed E-state index contributed by atoms with van der Waals surface area (Å²) in [5.41, 5.74) is 2.34. The van der Waals surface area contributed by atoms with Crippen LogP contribution in [-0.4, -0.2) is 29.1 Å². The molecule has 0 amide bonds. The van der Waals surface area contributed by atoms with Crippen LogP contribution in [0.1, 0.15) is 49.4 Å². The van der Waals surface area contributed by atoms with E-state index in [9.17, 15) is 14.4 Å². The molecule has 0 radical (unpaired) electrons. The topological polar surface area (TPSA) is 76.2 Å². The number of carbonyl (C=O) groups is 3. The lowest BCUT2D eigenvalue weighted by Crippen LogP contribution is -2.15. The molecule has 1 N–H and O–H groups in total. The molecule has 114 valence electrons. The van der Waals surface area contributed by atoms with Crippen LogP contribution in [0.2, 0.25) is 0 Å². The third-order valence-corrected chi connectivity index (χ3v) is 3.42. The Bertz CT molecular complexity index is 729. The van der Waals surface area contributed by atoms with Crippen LogP contribution in [0.4, 0.5) is 0 Å². The van der Waals surface area contributed by atoms with Crippen LogP contribution in [0.3, 0.4) is 0 Å².